The smallest absolute Gasteiger partial charge is 0.175 e. The van der Waals surface area contributed by atoms with E-state index in [1.54, 1.807) is 17.9 Å². The van der Waals surface area contributed by atoms with Gasteiger partial charge in [0.15, 0.2) is 5.82 Å². The van der Waals surface area contributed by atoms with Gasteiger partial charge in [-0.2, -0.15) is 5.10 Å². The van der Waals surface area contributed by atoms with Crippen molar-refractivity contribution >= 4 is 17.2 Å². The summed E-state index contributed by atoms with van der Waals surface area (Å²) in [5, 5.41) is 7.10. The van der Waals surface area contributed by atoms with Crippen LogP contribution in [0.25, 0.3) is 0 Å². The van der Waals surface area contributed by atoms with Crippen LogP contribution in [0.2, 0.25) is 0 Å². The van der Waals surface area contributed by atoms with Crippen LogP contribution in [0.4, 0.5) is 21.6 Å². The number of hydrogen-bond acceptors (Lipinski definition) is 3. The van der Waals surface area contributed by atoms with Gasteiger partial charge in [-0.3, -0.25) is 4.68 Å². The van der Waals surface area contributed by atoms with E-state index in [1.165, 1.54) is 12.1 Å². The number of hydrogen-bond donors (Lipinski definition) is 2. The number of nitrogens with zero attached hydrogens (tertiary/aromatic N) is 2. The molecule has 0 aliphatic heterocycles. The number of aromatic nitrogens is 2. The van der Waals surface area contributed by atoms with Gasteiger partial charge in [-0.25, -0.2) is 4.39 Å². The van der Waals surface area contributed by atoms with E-state index in [-0.39, 0.29) is 5.82 Å². The molecule has 16 heavy (non-hydrogen) atoms. The molecule has 1 aromatic carbocycles. The van der Waals surface area contributed by atoms with Crippen molar-refractivity contribution in [3.8, 4) is 0 Å². The van der Waals surface area contributed by atoms with Crippen LogP contribution < -0.4 is 11.1 Å². The Hall–Kier alpha value is -2.04. The second kappa shape index (κ2) is 3.84. The Balaban J connectivity index is 2.30. The van der Waals surface area contributed by atoms with Crippen LogP contribution in [0, 0.1) is 12.7 Å². The molecule has 0 aliphatic rings. The minimum Gasteiger partial charge on any atom is -0.394 e. The van der Waals surface area contributed by atoms with Crippen LogP contribution in [0.15, 0.2) is 24.4 Å². The third-order valence-corrected chi connectivity index (χ3v) is 2.16. The number of aryl methyl sites for hydroxylation is 2. The molecule has 0 bridgehead atoms. The first kappa shape index (κ1) is 10.5. The van der Waals surface area contributed by atoms with E-state index in [0.717, 1.165) is 5.56 Å². The Morgan fingerprint density at radius 1 is 1.38 bits per heavy atom. The second-order valence-electron chi connectivity index (χ2n) is 3.75. The van der Waals surface area contributed by atoms with Gasteiger partial charge in [-0.1, -0.05) is 0 Å². The zero-order valence-electron chi connectivity index (χ0n) is 9.16. The van der Waals surface area contributed by atoms with E-state index in [1.807, 2.05) is 13.0 Å². The van der Waals surface area contributed by atoms with Gasteiger partial charge < -0.3 is 11.1 Å². The van der Waals surface area contributed by atoms with E-state index in [4.69, 9.17) is 5.73 Å². The molecule has 0 unspecified atom stereocenters. The fourth-order valence-corrected chi connectivity index (χ4v) is 1.55. The van der Waals surface area contributed by atoms with Crippen molar-refractivity contribution in [3.63, 3.8) is 0 Å². The molecule has 0 atom stereocenters. The van der Waals surface area contributed by atoms with Crippen molar-refractivity contribution in [3.05, 3.63) is 35.8 Å². The summed E-state index contributed by atoms with van der Waals surface area (Å²) in [5.41, 5.74) is 7.74. The normalized spacial score (nSPS) is 10.4. The summed E-state index contributed by atoms with van der Waals surface area (Å²) in [6.45, 7) is 1.83. The minimum atomic E-state index is -0.281. The van der Waals surface area contributed by atoms with Crippen LogP contribution in [0.5, 0.6) is 0 Å². The van der Waals surface area contributed by atoms with E-state index >= 15 is 0 Å². The number of rotatable bonds is 2. The highest BCUT2D eigenvalue weighted by Gasteiger charge is 2.05. The van der Waals surface area contributed by atoms with Gasteiger partial charge in [-0.05, 0) is 30.7 Å². The van der Waals surface area contributed by atoms with Crippen molar-refractivity contribution in [1.82, 2.24) is 9.78 Å². The number of nitrogen functional groups attached to an aromatic ring is 1. The molecule has 2 rings (SSSR count). The van der Waals surface area contributed by atoms with Crippen molar-refractivity contribution in [2.75, 3.05) is 11.1 Å². The summed E-state index contributed by atoms with van der Waals surface area (Å²) < 4.78 is 14.7. The molecular weight excluding hydrogens is 207 g/mol. The summed E-state index contributed by atoms with van der Waals surface area (Å²) >= 11 is 0. The fraction of sp³-hybridized carbons (Fsp3) is 0.182. The van der Waals surface area contributed by atoms with Crippen molar-refractivity contribution < 1.29 is 4.39 Å². The fourth-order valence-electron chi connectivity index (χ4n) is 1.55. The van der Waals surface area contributed by atoms with Gasteiger partial charge in [-0.15, -0.1) is 0 Å². The Bertz CT molecular complexity index is 498. The lowest BCUT2D eigenvalue weighted by atomic mass is 10.2. The highest BCUT2D eigenvalue weighted by molar-refractivity contribution is 5.68. The molecule has 0 saturated carbocycles. The average Bonchev–Trinajstić information content (AvgIpc) is 2.43. The Morgan fingerprint density at radius 3 is 2.69 bits per heavy atom. The first-order chi connectivity index (χ1) is 7.54. The van der Waals surface area contributed by atoms with E-state index in [2.05, 4.69) is 10.4 Å². The molecular formula is C11H13FN4. The van der Waals surface area contributed by atoms with Crippen molar-refractivity contribution in [1.29, 1.82) is 0 Å². The maximum absolute atomic E-state index is 13.1. The number of anilines is 3. The van der Waals surface area contributed by atoms with Crippen LogP contribution in [-0.2, 0) is 7.05 Å². The van der Waals surface area contributed by atoms with Gasteiger partial charge in [0.2, 0.25) is 0 Å². The van der Waals surface area contributed by atoms with Crippen LogP contribution in [0.3, 0.4) is 0 Å². The van der Waals surface area contributed by atoms with Gasteiger partial charge >= 0.3 is 0 Å². The van der Waals surface area contributed by atoms with E-state index in [9.17, 15) is 4.39 Å². The maximum atomic E-state index is 13.1. The number of nitrogens with two attached hydrogens (primary N) is 1. The highest BCUT2D eigenvalue weighted by atomic mass is 19.1. The van der Waals surface area contributed by atoms with Gasteiger partial charge in [0.1, 0.15) is 5.82 Å². The quantitative estimate of drug-likeness (QED) is 0.815. The highest BCUT2D eigenvalue weighted by Crippen LogP contribution is 2.22. The molecule has 0 amide bonds. The number of halogens is 1. The van der Waals surface area contributed by atoms with Gasteiger partial charge in [0, 0.05) is 18.9 Å². The lowest BCUT2D eigenvalue weighted by molar-refractivity contribution is 0.627. The molecule has 0 fully saturated rings. The van der Waals surface area contributed by atoms with E-state index in [0.29, 0.717) is 17.2 Å². The van der Waals surface area contributed by atoms with Gasteiger partial charge in [0.25, 0.3) is 0 Å². The number of benzene rings is 1. The lowest BCUT2D eigenvalue weighted by Gasteiger charge is -2.05. The Morgan fingerprint density at radius 2 is 2.12 bits per heavy atom. The summed E-state index contributed by atoms with van der Waals surface area (Å²) in [4.78, 5) is 0. The molecule has 2 aromatic rings. The molecule has 0 spiro atoms. The zero-order chi connectivity index (χ0) is 11.7. The predicted molar refractivity (Wildman–Crippen MR) is 62.0 cm³/mol. The predicted octanol–water partition coefficient (Wildman–Crippen LogP) is 2.19. The molecule has 4 nitrogen and oxygen atoms in total. The summed E-state index contributed by atoms with van der Waals surface area (Å²) in [6, 6.07) is 4.70. The molecule has 5 heteroatoms. The third-order valence-electron chi connectivity index (χ3n) is 2.16. The first-order valence-corrected chi connectivity index (χ1v) is 4.88. The monoisotopic (exact) mass is 220 g/mol. The zero-order valence-corrected chi connectivity index (χ0v) is 9.16. The van der Waals surface area contributed by atoms with Crippen LogP contribution in [-0.4, -0.2) is 9.78 Å². The molecule has 0 saturated heterocycles. The Kier molecular flexibility index (Phi) is 2.52. The molecule has 1 heterocycles. The van der Waals surface area contributed by atoms with Crippen molar-refractivity contribution in [2.24, 2.45) is 7.05 Å². The molecule has 0 radical (unpaired) electrons. The third kappa shape index (κ3) is 2.13. The SMILES string of the molecule is Cc1cc(F)cc(Nc2nn(C)cc2N)c1. The number of nitrogens with one attached hydrogen (secondary N) is 1. The summed E-state index contributed by atoms with van der Waals surface area (Å²) in [7, 11) is 1.78. The second-order valence-corrected chi connectivity index (χ2v) is 3.75. The average molecular weight is 220 g/mol. The van der Waals surface area contributed by atoms with Crippen LogP contribution in [0.1, 0.15) is 5.56 Å². The topological polar surface area (TPSA) is 55.9 Å². The molecule has 3 N–H and O–H groups in total. The molecule has 0 aliphatic carbocycles. The molecule has 1 aromatic heterocycles. The lowest BCUT2D eigenvalue weighted by Crippen LogP contribution is -1.96. The molecule has 84 valence electrons. The van der Waals surface area contributed by atoms with E-state index < -0.39 is 0 Å². The standard InChI is InChI=1S/C11H13FN4/c1-7-3-8(12)5-9(4-7)14-11-10(13)6-16(2)15-11/h3-6H,13H2,1-2H3,(H,14,15). The summed E-state index contributed by atoms with van der Waals surface area (Å²) in [5.74, 6) is 0.254. The minimum absolute atomic E-state index is 0.281. The van der Waals surface area contributed by atoms with Crippen molar-refractivity contribution in [2.45, 2.75) is 6.92 Å². The first-order valence-electron chi connectivity index (χ1n) is 4.88. The Labute approximate surface area is 92.9 Å². The van der Waals surface area contributed by atoms with Crippen LogP contribution >= 0.6 is 0 Å². The maximum Gasteiger partial charge on any atom is 0.175 e. The largest absolute Gasteiger partial charge is 0.394 e. The van der Waals surface area contributed by atoms with Gasteiger partial charge in [0.05, 0.1) is 5.69 Å². The summed E-state index contributed by atoms with van der Waals surface area (Å²) in [6.07, 6.45) is 1.69.